The molecule has 1 saturated heterocycles. The van der Waals surface area contributed by atoms with Gasteiger partial charge in [0.05, 0.1) is 19.6 Å². The van der Waals surface area contributed by atoms with Crippen molar-refractivity contribution in [1.29, 1.82) is 0 Å². The van der Waals surface area contributed by atoms with E-state index in [1.165, 1.54) is 13.0 Å². The van der Waals surface area contributed by atoms with Gasteiger partial charge in [-0.2, -0.15) is 0 Å². The van der Waals surface area contributed by atoms with Gasteiger partial charge in [0.2, 0.25) is 6.29 Å². The Morgan fingerprint density at radius 1 is 1.07 bits per heavy atom. The third kappa shape index (κ3) is 5.92. The molecule has 1 aromatic carbocycles. The summed E-state index contributed by atoms with van der Waals surface area (Å²) in [6.45, 7) is 1.78. The Hall–Kier alpha value is -3.37. The molecular formula is C28H34O14. The standard InChI is InChI=1S/C28H34O14/c1-14(30)42-27(2)11-18(40-19(31)10-9-15-7-5-4-6-8-15)28(36)16(24(35)37-3)13-38-26(23(27)28)41-25-22(34)21(33)20(32)17(12-29)39-25/h4-10,13,17-18,20-23,25-26,29,32-34,36H,11-12H2,1-3H3/t17-,18-,20-,21+,22-,23?,25+,26+,27+,28+/m1/s1. The van der Waals surface area contributed by atoms with Crippen LogP contribution in [0.1, 0.15) is 25.8 Å². The van der Waals surface area contributed by atoms with Crippen molar-refractivity contribution < 1.29 is 68.3 Å². The number of hydrogen-bond acceptors (Lipinski definition) is 14. The molecule has 2 aliphatic heterocycles. The first-order valence-corrected chi connectivity index (χ1v) is 13.1. The lowest BCUT2D eigenvalue weighted by molar-refractivity contribution is -0.352. The Morgan fingerprint density at radius 2 is 1.76 bits per heavy atom. The molecule has 0 aromatic heterocycles. The van der Waals surface area contributed by atoms with Crippen molar-refractivity contribution in [1.82, 2.24) is 0 Å². The van der Waals surface area contributed by atoms with Crippen LogP contribution in [0, 0.1) is 5.92 Å². The van der Waals surface area contributed by atoms with E-state index in [-0.39, 0.29) is 6.42 Å². The Labute approximate surface area is 240 Å². The van der Waals surface area contributed by atoms with Crippen LogP contribution in [-0.2, 0) is 42.8 Å². The molecule has 1 saturated carbocycles. The summed E-state index contributed by atoms with van der Waals surface area (Å²) in [5.41, 5.74) is -3.91. The Bertz CT molecular complexity index is 1210. The smallest absolute Gasteiger partial charge is 0.339 e. The summed E-state index contributed by atoms with van der Waals surface area (Å²) >= 11 is 0. The maximum Gasteiger partial charge on any atom is 0.339 e. The molecule has 4 rings (SSSR count). The van der Waals surface area contributed by atoms with Crippen LogP contribution in [0.4, 0.5) is 0 Å². The SMILES string of the molecule is COC(=O)C1=CO[C@@H](O[C@@H]2O[C@H](CO)[C@@H](O)[C@H](O)[C@H]2O)C2[C@@]1(O)[C@H](OC(=O)C=Cc1ccccc1)C[C@]2(C)OC(C)=O. The van der Waals surface area contributed by atoms with E-state index in [4.69, 9.17) is 28.4 Å². The molecule has 10 atom stereocenters. The summed E-state index contributed by atoms with van der Waals surface area (Å²) in [5, 5.41) is 52.6. The van der Waals surface area contributed by atoms with Crippen molar-refractivity contribution >= 4 is 24.0 Å². The summed E-state index contributed by atoms with van der Waals surface area (Å²) < 4.78 is 32.9. The van der Waals surface area contributed by atoms with Crippen LogP contribution in [0.3, 0.4) is 0 Å². The Morgan fingerprint density at radius 3 is 2.38 bits per heavy atom. The van der Waals surface area contributed by atoms with E-state index in [0.717, 1.165) is 26.4 Å². The number of fused-ring (bicyclic) bond motifs is 1. The largest absolute Gasteiger partial charge is 0.471 e. The molecule has 230 valence electrons. The third-order valence-electron chi connectivity index (χ3n) is 7.61. The molecule has 5 N–H and O–H groups in total. The third-order valence-corrected chi connectivity index (χ3v) is 7.61. The molecule has 2 heterocycles. The summed E-state index contributed by atoms with van der Waals surface area (Å²) in [6, 6.07) is 8.83. The highest BCUT2D eigenvalue weighted by Crippen LogP contribution is 2.55. The molecule has 1 aliphatic carbocycles. The van der Waals surface area contributed by atoms with Crippen LogP contribution in [0.2, 0.25) is 0 Å². The second-order valence-corrected chi connectivity index (χ2v) is 10.4. The maximum atomic E-state index is 12.9. The molecule has 1 aromatic rings. The van der Waals surface area contributed by atoms with Gasteiger partial charge in [0, 0.05) is 19.4 Å². The van der Waals surface area contributed by atoms with Crippen LogP contribution < -0.4 is 0 Å². The highest BCUT2D eigenvalue weighted by molar-refractivity contribution is 5.92. The van der Waals surface area contributed by atoms with Crippen molar-refractivity contribution in [3.05, 3.63) is 53.8 Å². The number of rotatable bonds is 8. The minimum Gasteiger partial charge on any atom is -0.471 e. The number of methoxy groups -OCH3 is 1. The molecule has 0 spiro atoms. The second-order valence-electron chi connectivity index (χ2n) is 10.4. The minimum atomic E-state index is -2.43. The van der Waals surface area contributed by atoms with E-state index in [2.05, 4.69) is 0 Å². The van der Waals surface area contributed by atoms with Crippen molar-refractivity contribution in [2.75, 3.05) is 13.7 Å². The number of benzene rings is 1. The van der Waals surface area contributed by atoms with Gasteiger partial charge >= 0.3 is 17.9 Å². The first kappa shape index (κ1) is 31.6. The van der Waals surface area contributed by atoms with Crippen LogP contribution >= 0.6 is 0 Å². The summed E-state index contributed by atoms with van der Waals surface area (Å²) in [5.74, 6) is -4.21. The van der Waals surface area contributed by atoms with Crippen LogP contribution in [0.15, 0.2) is 48.2 Å². The molecule has 0 amide bonds. The topological polar surface area (TPSA) is 208 Å². The number of hydrogen-bond donors (Lipinski definition) is 5. The predicted molar refractivity (Wildman–Crippen MR) is 138 cm³/mol. The molecule has 14 nitrogen and oxygen atoms in total. The molecular weight excluding hydrogens is 560 g/mol. The zero-order valence-corrected chi connectivity index (χ0v) is 23.1. The van der Waals surface area contributed by atoms with Gasteiger partial charge in [-0.15, -0.1) is 0 Å². The molecule has 0 radical (unpaired) electrons. The average molecular weight is 595 g/mol. The van der Waals surface area contributed by atoms with Crippen LogP contribution in [0.25, 0.3) is 6.08 Å². The number of carbonyl (C=O) groups excluding carboxylic acids is 3. The monoisotopic (exact) mass is 594 g/mol. The van der Waals surface area contributed by atoms with E-state index in [1.54, 1.807) is 30.3 Å². The van der Waals surface area contributed by atoms with Gasteiger partial charge in [-0.3, -0.25) is 4.79 Å². The highest BCUT2D eigenvalue weighted by atomic mass is 16.8. The van der Waals surface area contributed by atoms with Gasteiger partial charge in [-0.05, 0) is 18.6 Å². The Kier molecular flexibility index (Phi) is 9.37. The van der Waals surface area contributed by atoms with Gasteiger partial charge in [0.25, 0.3) is 0 Å². The van der Waals surface area contributed by atoms with Crippen LogP contribution in [0.5, 0.6) is 0 Å². The number of aliphatic hydroxyl groups excluding tert-OH is 4. The second kappa shape index (κ2) is 12.5. The quantitative estimate of drug-likeness (QED) is 0.138. The van der Waals surface area contributed by atoms with Crippen molar-refractivity contribution in [3.8, 4) is 0 Å². The molecule has 3 aliphatic rings. The van der Waals surface area contributed by atoms with E-state index in [1.807, 2.05) is 0 Å². The number of ether oxygens (including phenoxy) is 6. The lowest BCUT2D eigenvalue weighted by Gasteiger charge is -2.47. The van der Waals surface area contributed by atoms with E-state index >= 15 is 0 Å². The zero-order chi connectivity index (χ0) is 30.8. The number of carbonyl (C=O) groups is 3. The molecule has 42 heavy (non-hydrogen) atoms. The molecule has 2 fully saturated rings. The van der Waals surface area contributed by atoms with Gasteiger partial charge in [-0.25, -0.2) is 9.59 Å². The van der Waals surface area contributed by atoms with Gasteiger partial charge in [-0.1, -0.05) is 30.3 Å². The number of esters is 3. The van der Waals surface area contributed by atoms with Gasteiger partial charge in [0.15, 0.2) is 6.29 Å². The van der Waals surface area contributed by atoms with Gasteiger partial charge < -0.3 is 54.0 Å². The predicted octanol–water partition coefficient (Wildman–Crippen LogP) is -1.09. The lowest BCUT2D eigenvalue weighted by atomic mass is 9.76. The average Bonchev–Trinajstić information content (AvgIpc) is 3.17. The summed E-state index contributed by atoms with van der Waals surface area (Å²) in [7, 11) is 1.06. The first-order valence-electron chi connectivity index (χ1n) is 13.1. The summed E-state index contributed by atoms with van der Waals surface area (Å²) in [4.78, 5) is 37.9. The fourth-order valence-corrected chi connectivity index (χ4v) is 5.68. The van der Waals surface area contributed by atoms with E-state index in [0.29, 0.717) is 5.56 Å². The van der Waals surface area contributed by atoms with Crippen LogP contribution in [-0.4, -0.2) is 111 Å². The van der Waals surface area contributed by atoms with Crippen molar-refractivity contribution in [3.63, 3.8) is 0 Å². The molecule has 14 heteroatoms. The normalized spacial score (nSPS) is 37.8. The van der Waals surface area contributed by atoms with E-state index < -0.39 is 90.3 Å². The summed E-state index contributed by atoms with van der Waals surface area (Å²) in [6.07, 6.45) is -8.42. The van der Waals surface area contributed by atoms with Gasteiger partial charge in [0.1, 0.15) is 53.6 Å². The minimum absolute atomic E-state index is 0.328. The fraction of sp³-hybridized carbons (Fsp3) is 0.536. The van der Waals surface area contributed by atoms with E-state index in [9.17, 15) is 39.9 Å². The highest BCUT2D eigenvalue weighted by Gasteiger charge is 2.71. The maximum absolute atomic E-state index is 12.9. The first-order chi connectivity index (χ1) is 19.8. The lowest BCUT2D eigenvalue weighted by Crippen LogP contribution is -2.63. The molecule has 1 unspecified atom stereocenters. The fourth-order valence-electron chi connectivity index (χ4n) is 5.68. The van der Waals surface area contributed by atoms with Crippen molar-refractivity contribution in [2.45, 2.75) is 74.6 Å². The zero-order valence-electron chi connectivity index (χ0n) is 23.1. The Balaban J connectivity index is 1.71. The van der Waals surface area contributed by atoms with Crippen molar-refractivity contribution in [2.24, 2.45) is 5.92 Å². The number of aliphatic hydroxyl groups is 5. The molecule has 0 bridgehead atoms.